The molecule has 2 N–H and O–H groups in total. The van der Waals surface area contributed by atoms with Crippen molar-refractivity contribution >= 4 is 0 Å². The van der Waals surface area contributed by atoms with Crippen LogP contribution in [0.3, 0.4) is 0 Å². The van der Waals surface area contributed by atoms with E-state index in [1.807, 2.05) is 0 Å². The molecular formula is C15H30N2O. The second-order valence-corrected chi connectivity index (χ2v) is 6.87. The highest BCUT2D eigenvalue weighted by Crippen LogP contribution is 2.41. The van der Waals surface area contributed by atoms with E-state index in [1.54, 1.807) is 0 Å². The van der Waals surface area contributed by atoms with Gasteiger partial charge in [0.05, 0.1) is 5.60 Å². The molecule has 4 atom stereocenters. The number of nitrogens with two attached hydrogens (primary N) is 1. The second kappa shape index (κ2) is 5.10. The van der Waals surface area contributed by atoms with Crippen LogP contribution in [0.5, 0.6) is 0 Å². The Morgan fingerprint density at radius 3 is 2.39 bits per heavy atom. The lowest BCUT2D eigenvalue weighted by Crippen LogP contribution is -2.60. The molecule has 2 fully saturated rings. The number of ether oxygens (including phenoxy) is 1. The van der Waals surface area contributed by atoms with Gasteiger partial charge in [0.15, 0.2) is 0 Å². The molecule has 0 spiro atoms. The maximum atomic E-state index is 6.19. The van der Waals surface area contributed by atoms with Crippen LogP contribution >= 0.6 is 0 Å². The van der Waals surface area contributed by atoms with E-state index in [2.05, 4.69) is 32.6 Å². The average Bonchev–Trinajstić information content (AvgIpc) is 2.70. The molecule has 0 aromatic rings. The van der Waals surface area contributed by atoms with Crippen molar-refractivity contribution in [2.24, 2.45) is 17.6 Å². The highest BCUT2D eigenvalue weighted by Gasteiger charge is 2.47. The molecule has 2 aliphatic heterocycles. The van der Waals surface area contributed by atoms with Gasteiger partial charge in [0.1, 0.15) is 0 Å². The highest BCUT2D eigenvalue weighted by molar-refractivity contribution is 5.03. The SMILES string of the molecule is CCC1(C)CC(CN)(N2CC(C)C(C)C2)CCO1. The summed E-state index contributed by atoms with van der Waals surface area (Å²) < 4.78 is 6.00. The van der Waals surface area contributed by atoms with Gasteiger partial charge in [-0.3, -0.25) is 4.90 Å². The Bertz CT molecular complexity index is 286. The van der Waals surface area contributed by atoms with Crippen molar-refractivity contribution in [3.05, 3.63) is 0 Å². The molecule has 0 radical (unpaired) electrons. The zero-order valence-electron chi connectivity index (χ0n) is 12.5. The van der Waals surface area contributed by atoms with Crippen LogP contribution in [0.2, 0.25) is 0 Å². The molecule has 3 heteroatoms. The number of likely N-dealkylation sites (tertiary alicyclic amines) is 1. The maximum Gasteiger partial charge on any atom is 0.0670 e. The van der Waals surface area contributed by atoms with E-state index in [-0.39, 0.29) is 11.1 Å². The Morgan fingerprint density at radius 2 is 1.89 bits per heavy atom. The van der Waals surface area contributed by atoms with E-state index in [1.165, 1.54) is 13.1 Å². The molecule has 3 nitrogen and oxygen atoms in total. The molecule has 2 saturated heterocycles. The lowest BCUT2D eigenvalue weighted by atomic mass is 9.78. The first-order chi connectivity index (χ1) is 8.45. The molecule has 4 unspecified atom stereocenters. The van der Waals surface area contributed by atoms with Crippen molar-refractivity contribution in [3.8, 4) is 0 Å². The minimum absolute atomic E-state index is 0.0205. The fourth-order valence-electron chi connectivity index (χ4n) is 3.64. The van der Waals surface area contributed by atoms with Crippen LogP contribution in [-0.2, 0) is 4.74 Å². The summed E-state index contributed by atoms with van der Waals surface area (Å²) in [6.45, 7) is 13.3. The fourth-order valence-corrected chi connectivity index (χ4v) is 3.64. The molecule has 0 aromatic carbocycles. The Balaban J connectivity index is 2.15. The van der Waals surface area contributed by atoms with Gasteiger partial charge in [-0.1, -0.05) is 20.8 Å². The Morgan fingerprint density at radius 1 is 1.28 bits per heavy atom. The van der Waals surface area contributed by atoms with E-state index >= 15 is 0 Å². The summed E-state index contributed by atoms with van der Waals surface area (Å²) in [5.74, 6) is 1.59. The normalized spacial score (nSPS) is 46.5. The molecule has 0 bridgehead atoms. The maximum absolute atomic E-state index is 6.19. The number of nitrogens with zero attached hydrogens (tertiary/aromatic N) is 1. The highest BCUT2D eigenvalue weighted by atomic mass is 16.5. The summed E-state index contributed by atoms with van der Waals surface area (Å²) in [5, 5.41) is 0. The Labute approximate surface area is 112 Å². The number of hydrogen-bond acceptors (Lipinski definition) is 3. The van der Waals surface area contributed by atoms with Gasteiger partial charge in [0.2, 0.25) is 0 Å². The van der Waals surface area contributed by atoms with E-state index in [9.17, 15) is 0 Å². The van der Waals surface area contributed by atoms with Gasteiger partial charge in [-0.25, -0.2) is 0 Å². The fraction of sp³-hybridized carbons (Fsp3) is 1.00. The predicted molar refractivity (Wildman–Crippen MR) is 75.6 cm³/mol. The second-order valence-electron chi connectivity index (χ2n) is 6.87. The van der Waals surface area contributed by atoms with E-state index in [0.717, 1.165) is 44.2 Å². The van der Waals surface area contributed by atoms with Crippen LogP contribution < -0.4 is 5.73 Å². The van der Waals surface area contributed by atoms with Crippen LogP contribution in [0, 0.1) is 11.8 Å². The van der Waals surface area contributed by atoms with Gasteiger partial charge in [-0.05, 0) is 38.0 Å². The average molecular weight is 254 g/mol. The molecule has 0 saturated carbocycles. The largest absolute Gasteiger partial charge is 0.375 e. The molecule has 106 valence electrons. The zero-order chi connectivity index (χ0) is 13.4. The standard InChI is InChI=1S/C15H30N2O/c1-5-14(4)10-15(11-16,6-7-18-14)17-8-12(2)13(3)9-17/h12-13H,5-11,16H2,1-4H3. The van der Waals surface area contributed by atoms with Crippen LogP contribution in [-0.4, -0.2) is 42.3 Å². The van der Waals surface area contributed by atoms with Crippen molar-refractivity contribution in [3.63, 3.8) is 0 Å². The van der Waals surface area contributed by atoms with Gasteiger partial charge >= 0.3 is 0 Å². The third-order valence-corrected chi connectivity index (χ3v) is 5.51. The van der Waals surface area contributed by atoms with Crippen molar-refractivity contribution in [2.75, 3.05) is 26.2 Å². The van der Waals surface area contributed by atoms with Gasteiger partial charge in [0.25, 0.3) is 0 Å². The lowest BCUT2D eigenvalue weighted by molar-refractivity contribution is -0.126. The van der Waals surface area contributed by atoms with Crippen molar-refractivity contribution < 1.29 is 4.74 Å². The van der Waals surface area contributed by atoms with Crippen LogP contribution in [0.4, 0.5) is 0 Å². The molecule has 0 aromatic heterocycles. The lowest BCUT2D eigenvalue weighted by Gasteiger charge is -2.50. The van der Waals surface area contributed by atoms with Gasteiger partial charge in [-0.2, -0.15) is 0 Å². The van der Waals surface area contributed by atoms with Crippen LogP contribution in [0.1, 0.15) is 47.0 Å². The molecule has 0 aliphatic carbocycles. The third-order valence-electron chi connectivity index (χ3n) is 5.51. The van der Waals surface area contributed by atoms with Gasteiger partial charge in [0, 0.05) is 31.8 Å². The predicted octanol–water partition coefficient (Wildman–Crippen LogP) is 2.25. The number of rotatable bonds is 3. The smallest absolute Gasteiger partial charge is 0.0670 e. The topological polar surface area (TPSA) is 38.5 Å². The summed E-state index contributed by atoms with van der Waals surface area (Å²) in [4.78, 5) is 2.67. The van der Waals surface area contributed by atoms with Crippen LogP contribution in [0.25, 0.3) is 0 Å². The summed E-state index contributed by atoms with van der Waals surface area (Å²) in [6, 6.07) is 0. The monoisotopic (exact) mass is 254 g/mol. The zero-order valence-corrected chi connectivity index (χ0v) is 12.5. The molecule has 18 heavy (non-hydrogen) atoms. The summed E-state index contributed by atoms with van der Waals surface area (Å²) in [7, 11) is 0. The van der Waals surface area contributed by atoms with E-state index in [0.29, 0.717) is 0 Å². The Kier molecular flexibility index (Phi) is 4.05. The summed E-state index contributed by atoms with van der Waals surface area (Å²) >= 11 is 0. The molecule has 0 amide bonds. The Hall–Kier alpha value is -0.120. The summed E-state index contributed by atoms with van der Waals surface area (Å²) in [6.07, 6.45) is 3.26. The first kappa shape index (κ1) is 14.3. The minimum atomic E-state index is 0.0205. The van der Waals surface area contributed by atoms with Crippen molar-refractivity contribution in [1.82, 2.24) is 4.90 Å². The van der Waals surface area contributed by atoms with Crippen LogP contribution in [0.15, 0.2) is 0 Å². The summed E-state index contributed by atoms with van der Waals surface area (Å²) in [5.41, 5.74) is 6.39. The van der Waals surface area contributed by atoms with Crippen molar-refractivity contribution in [2.45, 2.75) is 58.1 Å². The minimum Gasteiger partial charge on any atom is -0.375 e. The van der Waals surface area contributed by atoms with Crippen molar-refractivity contribution in [1.29, 1.82) is 0 Å². The van der Waals surface area contributed by atoms with Gasteiger partial charge in [-0.15, -0.1) is 0 Å². The van der Waals surface area contributed by atoms with Gasteiger partial charge < -0.3 is 10.5 Å². The molecular weight excluding hydrogens is 224 g/mol. The first-order valence-electron chi connectivity index (χ1n) is 7.54. The van der Waals surface area contributed by atoms with E-state index in [4.69, 9.17) is 10.5 Å². The molecule has 2 heterocycles. The first-order valence-corrected chi connectivity index (χ1v) is 7.54. The quantitative estimate of drug-likeness (QED) is 0.839. The van der Waals surface area contributed by atoms with E-state index < -0.39 is 0 Å². The third kappa shape index (κ3) is 2.45. The number of hydrogen-bond donors (Lipinski definition) is 1. The molecule has 2 aliphatic rings. The molecule has 2 rings (SSSR count).